The molecule has 0 radical (unpaired) electrons. The standard InChI is InChI=1S/C11H19NO3/c1-5-8(6-2)9-7-15-11(3,4)12(9)10(13)14/h5,9H,6-7H2,1-4H3,(H,13,14). The van der Waals surface area contributed by atoms with E-state index in [0.29, 0.717) is 6.61 Å². The quantitative estimate of drug-likeness (QED) is 0.717. The fourth-order valence-corrected chi connectivity index (χ4v) is 2.07. The summed E-state index contributed by atoms with van der Waals surface area (Å²) in [5, 5.41) is 9.18. The average molecular weight is 213 g/mol. The summed E-state index contributed by atoms with van der Waals surface area (Å²) < 4.78 is 5.52. The van der Waals surface area contributed by atoms with Crippen molar-refractivity contribution in [2.24, 2.45) is 0 Å². The minimum atomic E-state index is -0.921. The number of hydrogen-bond acceptors (Lipinski definition) is 2. The molecule has 4 nitrogen and oxygen atoms in total. The Bertz CT molecular complexity index is 284. The molecule has 0 spiro atoms. The van der Waals surface area contributed by atoms with Crippen LogP contribution in [0, 0.1) is 0 Å². The largest absolute Gasteiger partial charge is 0.465 e. The highest BCUT2D eigenvalue weighted by molar-refractivity contribution is 5.67. The van der Waals surface area contributed by atoms with Gasteiger partial charge in [0.05, 0.1) is 12.6 Å². The molecule has 0 aromatic carbocycles. The van der Waals surface area contributed by atoms with Crippen LogP contribution in [0.1, 0.15) is 34.1 Å². The summed E-state index contributed by atoms with van der Waals surface area (Å²) in [6, 6.07) is -0.132. The lowest BCUT2D eigenvalue weighted by Crippen LogP contribution is -2.47. The van der Waals surface area contributed by atoms with E-state index in [2.05, 4.69) is 0 Å². The van der Waals surface area contributed by atoms with Crippen LogP contribution < -0.4 is 0 Å². The third-order valence-electron chi connectivity index (χ3n) is 2.90. The molecule has 1 heterocycles. The van der Waals surface area contributed by atoms with Gasteiger partial charge in [-0.3, -0.25) is 4.90 Å². The van der Waals surface area contributed by atoms with Crippen LogP contribution in [0.4, 0.5) is 4.79 Å². The molecule has 1 amide bonds. The molecule has 1 unspecified atom stereocenters. The molecule has 1 aliphatic heterocycles. The van der Waals surface area contributed by atoms with Crippen LogP contribution in [0.2, 0.25) is 0 Å². The van der Waals surface area contributed by atoms with Crippen LogP contribution in [-0.2, 0) is 4.74 Å². The maximum Gasteiger partial charge on any atom is 0.410 e. The predicted octanol–water partition coefficient (Wildman–Crippen LogP) is 2.46. The van der Waals surface area contributed by atoms with Gasteiger partial charge in [-0.05, 0) is 32.8 Å². The van der Waals surface area contributed by atoms with Crippen molar-refractivity contribution in [2.45, 2.75) is 45.9 Å². The minimum absolute atomic E-state index is 0.132. The van der Waals surface area contributed by atoms with Gasteiger partial charge < -0.3 is 9.84 Å². The van der Waals surface area contributed by atoms with E-state index < -0.39 is 11.8 Å². The zero-order chi connectivity index (χ0) is 11.6. The summed E-state index contributed by atoms with van der Waals surface area (Å²) in [6.07, 6.45) is 1.91. The van der Waals surface area contributed by atoms with Crippen LogP contribution in [0.25, 0.3) is 0 Å². The van der Waals surface area contributed by atoms with Crippen LogP contribution in [0.3, 0.4) is 0 Å². The molecular weight excluding hydrogens is 194 g/mol. The molecule has 15 heavy (non-hydrogen) atoms. The molecule has 0 aliphatic carbocycles. The van der Waals surface area contributed by atoms with Crippen molar-refractivity contribution in [2.75, 3.05) is 6.61 Å². The van der Waals surface area contributed by atoms with E-state index >= 15 is 0 Å². The van der Waals surface area contributed by atoms with Gasteiger partial charge in [-0.1, -0.05) is 13.0 Å². The molecule has 1 N–H and O–H groups in total. The molecule has 86 valence electrons. The van der Waals surface area contributed by atoms with Gasteiger partial charge in [0.15, 0.2) is 0 Å². The van der Waals surface area contributed by atoms with Crippen molar-refractivity contribution in [1.82, 2.24) is 4.90 Å². The van der Waals surface area contributed by atoms with E-state index in [-0.39, 0.29) is 6.04 Å². The Morgan fingerprint density at radius 1 is 1.67 bits per heavy atom. The fraction of sp³-hybridized carbons (Fsp3) is 0.727. The molecule has 1 aliphatic rings. The van der Waals surface area contributed by atoms with Crippen LogP contribution in [0.15, 0.2) is 11.6 Å². The summed E-state index contributed by atoms with van der Waals surface area (Å²) in [5.41, 5.74) is 0.392. The van der Waals surface area contributed by atoms with Gasteiger partial charge in [0, 0.05) is 0 Å². The number of carbonyl (C=O) groups is 1. The molecule has 1 rings (SSSR count). The molecule has 4 heteroatoms. The lowest BCUT2D eigenvalue weighted by atomic mass is 10.0. The number of ether oxygens (including phenoxy) is 1. The SMILES string of the molecule is CC=C(CC)C1COC(C)(C)N1C(=O)O. The first-order chi connectivity index (χ1) is 6.94. The Hall–Kier alpha value is -1.03. The Balaban J connectivity index is 2.97. The van der Waals surface area contributed by atoms with Crippen molar-refractivity contribution < 1.29 is 14.6 Å². The average Bonchev–Trinajstić information content (AvgIpc) is 2.44. The van der Waals surface area contributed by atoms with Crippen molar-refractivity contribution in [1.29, 1.82) is 0 Å². The van der Waals surface area contributed by atoms with Crippen molar-refractivity contribution in [3.05, 3.63) is 11.6 Å². The lowest BCUT2D eigenvalue weighted by molar-refractivity contribution is -0.0412. The molecule has 0 saturated carbocycles. The van der Waals surface area contributed by atoms with Gasteiger partial charge >= 0.3 is 6.09 Å². The zero-order valence-corrected chi connectivity index (χ0v) is 9.78. The topological polar surface area (TPSA) is 49.8 Å². The molecular formula is C11H19NO3. The Labute approximate surface area is 90.5 Å². The Morgan fingerprint density at radius 3 is 2.67 bits per heavy atom. The monoisotopic (exact) mass is 213 g/mol. The zero-order valence-electron chi connectivity index (χ0n) is 9.78. The molecule has 1 saturated heterocycles. The minimum Gasteiger partial charge on any atom is -0.465 e. The Morgan fingerprint density at radius 2 is 2.27 bits per heavy atom. The third-order valence-corrected chi connectivity index (χ3v) is 2.90. The lowest BCUT2D eigenvalue weighted by Gasteiger charge is -2.31. The van der Waals surface area contributed by atoms with Crippen molar-refractivity contribution in [3.8, 4) is 0 Å². The van der Waals surface area contributed by atoms with E-state index in [1.165, 1.54) is 4.90 Å². The highest BCUT2D eigenvalue weighted by Gasteiger charge is 2.44. The van der Waals surface area contributed by atoms with Crippen molar-refractivity contribution >= 4 is 6.09 Å². The number of amides is 1. The number of nitrogens with zero attached hydrogens (tertiary/aromatic N) is 1. The molecule has 1 fully saturated rings. The third kappa shape index (κ3) is 2.15. The normalized spacial score (nSPS) is 25.7. The summed E-state index contributed by atoms with van der Waals surface area (Å²) in [6.45, 7) is 7.98. The number of hydrogen-bond donors (Lipinski definition) is 1. The van der Waals surface area contributed by atoms with E-state index in [9.17, 15) is 9.90 Å². The number of carboxylic acid groups (broad SMARTS) is 1. The van der Waals surface area contributed by atoms with E-state index in [0.717, 1.165) is 12.0 Å². The second-order valence-electron chi connectivity index (χ2n) is 4.14. The van der Waals surface area contributed by atoms with Crippen LogP contribution in [0.5, 0.6) is 0 Å². The first-order valence-corrected chi connectivity index (χ1v) is 5.25. The van der Waals surface area contributed by atoms with Gasteiger partial charge in [0.2, 0.25) is 0 Å². The van der Waals surface area contributed by atoms with Gasteiger partial charge in [-0.25, -0.2) is 4.79 Å². The molecule has 0 bridgehead atoms. The highest BCUT2D eigenvalue weighted by Crippen LogP contribution is 2.31. The Kier molecular flexibility index (Phi) is 3.39. The van der Waals surface area contributed by atoms with Crippen molar-refractivity contribution in [3.63, 3.8) is 0 Å². The number of rotatable bonds is 2. The predicted molar refractivity (Wildman–Crippen MR) is 57.7 cm³/mol. The van der Waals surface area contributed by atoms with Crippen LogP contribution >= 0.6 is 0 Å². The summed E-state index contributed by atoms with van der Waals surface area (Å²) in [4.78, 5) is 12.6. The van der Waals surface area contributed by atoms with Gasteiger partial charge in [0.25, 0.3) is 0 Å². The van der Waals surface area contributed by atoms with E-state index in [4.69, 9.17) is 4.74 Å². The summed E-state index contributed by atoms with van der Waals surface area (Å²) in [7, 11) is 0. The molecule has 0 aromatic rings. The fourth-order valence-electron chi connectivity index (χ4n) is 2.07. The summed E-state index contributed by atoms with van der Waals surface area (Å²) >= 11 is 0. The molecule has 0 aromatic heterocycles. The first kappa shape index (κ1) is 12.0. The maximum absolute atomic E-state index is 11.2. The highest BCUT2D eigenvalue weighted by atomic mass is 16.5. The van der Waals surface area contributed by atoms with E-state index in [1.54, 1.807) is 13.8 Å². The second-order valence-corrected chi connectivity index (χ2v) is 4.14. The van der Waals surface area contributed by atoms with Gasteiger partial charge in [0.1, 0.15) is 5.72 Å². The van der Waals surface area contributed by atoms with Gasteiger partial charge in [-0.2, -0.15) is 0 Å². The summed E-state index contributed by atoms with van der Waals surface area (Å²) in [5.74, 6) is 0. The van der Waals surface area contributed by atoms with E-state index in [1.807, 2.05) is 19.9 Å². The smallest absolute Gasteiger partial charge is 0.410 e. The molecule has 1 atom stereocenters. The maximum atomic E-state index is 11.2. The second kappa shape index (κ2) is 4.23. The van der Waals surface area contributed by atoms with Gasteiger partial charge in [-0.15, -0.1) is 0 Å². The first-order valence-electron chi connectivity index (χ1n) is 5.25. The number of allylic oxidation sites excluding steroid dienone is 1. The van der Waals surface area contributed by atoms with Crippen LogP contribution in [-0.4, -0.2) is 34.5 Å².